The summed E-state index contributed by atoms with van der Waals surface area (Å²) in [5, 5.41) is 0. The van der Waals surface area contributed by atoms with Gasteiger partial charge in [-0.25, -0.2) is 0 Å². The van der Waals surface area contributed by atoms with Crippen LogP contribution in [0, 0.1) is 0 Å². The molecule has 0 bridgehead atoms. The lowest BCUT2D eigenvalue weighted by molar-refractivity contribution is 0.0989. The topological polar surface area (TPSA) is 49.6 Å². The highest BCUT2D eigenvalue weighted by Gasteiger charge is 2.25. The van der Waals surface area contributed by atoms with Gasteiger partial charge >= 0.3 is 0 Å². The Labute approximate surface area is 124 Å². The van der Waals surface area contributed by atoms with Crippen LogP contribution in [0.2, 0.25) is 0 Å². The molecule has 3 rings (SSSR count). The van der Waals surface area contributed by atoms with Gasteiger partial charge in [-0.05, 0) is 54.4 Å². The Kier molecular flexibility index (Phi) is 3.29. The lowest BCUT2D eigenvalue weighted by Crippen LogP contribution is -2.28. The highest BCUT2D eigenvalue weighted by molar-refractivity contribution is 6.07. The summed E-state index contributed by atoms with van der Waals surface area (Å²) in [5.41, 5.74) is 10.5. The van der Waals surface area contributed by atoms with E-state index in [0.29, 0.717) is 12.1 Å². The van der Waals surface area contributed by atoms with Crippen LogP contribution in [0.5, 0.6) is 0 Å². The van der Waals surface area contributed by atoms with Gasteiger partial charge in [-0.15, -0.1) is 0 Å². The van der Waals surface area contributed by atoms with Crippen molar-refractivity contribution in [1.82, 2.24) is 0 Å². The minimum Gasteiger partial charge on any atom is -0.399 e. The van der Waals surface area contributed by atoms with E-state index >= 15 is 0 Å². The lowest BCUT2D eigenvalue weighted by Gasteiger charge is -2.18. The number of amides is 1. The Bertz CT molecular complexity index is 677. The van der Waals surface area contributed by atoms with Crippen molar-refractivity contribution in [3.05, 3.63) is 53.6 Å². The summed E-state index contributed by atoms with van der Waals surface area (Å²) in [6.07, 6.45) is 0.863. The molecular formula is C17H19N3O. The van der Waals surface area contributed by atoms with Gasteiger partial charge < -0.3 is 15.5 Å². The molecule has 2 N–H and O–H groups in total. The molecule has 0 spiro atoms. The number of rotatable bonds is 2. The average molecular weight is 281 g/mol. The van der Waals surface area contributed by atoms with Crippen molar-refractivity contribution in [2.75, 3.05) is 36.2 Å². The quantitative estimate of drug-likeness (QED) is 0.861. The van der Waals surface area contributed by atoms with E-state index in [9.17, 15) is 4.79 Å². The third-order valence-corrected chi connectivity index (χ3v) is 3.87. The summed E-state index contributed by atoms with van der Waals surface area (Å²) in [6, 6.07) is 13.4. The summed E-state index contributed by atoms with van der Waals surface area (Å²) in [4.78, 5) is 16.5. The minimum absolute atomic E-state index is 0.0452. The predicted octanol–water partition coefficient (Wildman–Crippen LogP) is 2.54. The van der Waals surface area contributed by atoms with E-state index in [-0.39, 0.29) is 5.91 Å². The van der Waals surface area contributed by atoms with Crippen LogP contribution in [0.4, 0.5) is 17.1 Å². The molecule has 0 unspecified atom stereocenters. The Morgan fingerprint density at radius 3 is 2.52 bits per heavy atom. The molecule has 1 aliphatic heterocycles. The van der Waals surface area contributed by atoms with E-state index in [2.05, 4.69) is 0 Å². The maximum Gasteiger partial charge on any atom is 0.258 e. The van der Waals surface area contributed by atoms with Gasteiger partial charge in [0.1, 0.15) is 0 Å². The van der Waals surface area contributed by atoms with Gasteiger partial charge in [-0.3, -0.25) is 4.79 Å². The molecule has 1 heterocycles. The first-order valence-corrected chi connectivity index (χ1v) is 7.04. The van der Waals surface area contributed by atoms with Crippen molar-refractivity contribution in [3.63, 3.8) is 0 Å². The number of hydrogen-bond donors (Lipinski definition) is 1. The monoisotopic (exact) mass is 281 g/mol. The van der Waals surface area contributed by atoms with Gasteiger partial charge in [0.15, 0.2) is 0 Å². The lowest BCUT2D eigenvalue weighted by atomic mass is 10.1. The fourth-order valence-corrected chi connectivity index (χ4v) is 2.69. The van der Waals surface area contributed by atoms with Gasteiger partial charge in [-0.2, -0.15) is 0 Å². The average Bonchev–Trinajstić information content (AvgIpc) is 2.89. The number of nitrogens with two attached hydrogens (primary N) is 1. The molecule has 0 atom stereocenters. The molecule has 0 radical (unpaired) electrons. The van der Waals surface area contributed by atoms with Crippen molar-refractivity contribution in [1.29, 1.82) is 0 Å². The van der Waals surface area contributed by atoms with E-state index in [0.717, 1.165) is 29.0 Å². The van der Waals surface area contributed by atoms with Gasteiger partial charge in [0.05, 0.1) is 0 Å². The number of nitrogens with zero attached hydrogens (tertiary/aromatic N) is 2. The molecule has 0 fully saturated rings. The molecule has 1 amide bonds. The van der Waals surface area contributed by atoms with Crippen LogP contribution in [0.1, 0.15) is 15.9 Å². The Morgan fingerprint density at radius 2 is 1.86 bits per heavy atom. The molecule has 2 aromatic carbocycles. The van der Waals surface area contributed by atoms with Crippen LogP contribution in [0.15, 0.2) is 42.5 Å². The molecule has 0 aliphatic carbocycles. The fourth-order valence-electron chi connectivity index (χ4n) is 2.69. The number of nitrogen functional groups attached to an aromatic ring is 1. The Morgan fingerprint density at radius 1 is 1.14 bits per heavy atom. The molecule has 4 nitrogen and oxygen atoms in total. The molecule has 108 valence electrons. The van der Waals surface area contributed by atoms with E-state index < -0.39 is 0 Å². The van der Waals surface area contributed by atoms with E-state index in [1.165, 1.54) is 0 Å². The van der Waals surface area contributed by atoms with Crippen LogP contribution in [0.3, 0.4) is 0 Å². The number of anilines is 3. The molecule has 0 saturated heterocycles. The summed E-state index contributed by atoms with van der Waals surface area (Å²) in [6.45, 7) is 0.715. The SMILES string of the molecule is CN(C)c1ccc(C(=O)N2CCc3cc(N)ccc32)cc1. The van der Waals surface area contributed by atoms with Crippen LogP contribution >= 0.6 is 0 Å². The van der Waals surface area contributed by atoms with Crippen LogP contribution in [0.25, 0.3) is 0 Å². The standard InChI is InChI=1S/C17H19N3O/c1-19(2)15-6-3-12(4-7-15)17(21)20-10-9-13-11-14(18)5-8-16(13)20/h3-8,11H,9-10,18H2,1-2H3. The summed E-state index contributed by atoms with van der Waals surface area (Å²) in [5.74, 6) is 0.0452. The van der Waals surface area contributed by atoms with Gasteiger partial charge in [0.2, 0.25) is 0 Å². The maximum absolute atomic E-state index is 12.7. The second-order valence-electron chi connectivity index (χ2n) is 5.54. The fraction of sp³-hybridized carbons (Fsp3) is 0.235. The van der Waals surface area contributed by atoms with E-state index in [1.54, 1.807) is 0 Å². The molecule has 21 heavy (non-hydrogen) atoms. The first kappa shape index (κ1) is 13.5. The molecule has 4 heteroatoms. The number of fused-ring (bicyclic) bond motifs is 1. The van der Waals surface area contributed by atoms with Gasteiger partial charge in [0, 0.05) is 43.3 Å². The highest BCUT2D eigenvalue weighted by Crippen LogP contribution is 2.31. The zero-order chi connectivity index (χ0) is 15.0. The third-order valence-electron chi connectivity index (χ3n) is 3.87. The third kappa shape index (κ3) is 2.44. The van der Waals surface area contributed by atoms with Crippen molar-refractivity contribution in [3.8, 4) is 0 Å². The summed E-state index contributed by atoms with van der Waals surface area (Å²) >= 11 is 0. The Balaban J connectivity index is 1.87. The minimum atomic E-state index is 0.0452. The van der Waals surface area contributed by atoms with Crippen molar-refractivity contribution < 1.29 is 4.79 Å². The maximum atomic E-state index is 12.7. The van der Waals surface area contributed by atoms with Crippen LogP contribution < -0.4 is 15.5 Å². The van der Waals surface area contributed by atoms with E-state index in [4.69, 9.17) is 5.73 Å². The normalized spacial score (nSPS) is 13.1. The molecule has 0 saturated carbocycles. The second-order valence-corrected chi connectivity index (χ2v) is 5.54. The van der Waals surface area contributed by atoms with Gasteiger partial charge in [-0.1, -0.05) is 0 Å². The highest BCUT2D eigenvalue weighted by atomic mass is 16.2. The first-order chi connectivity index (χ1) is 10.1. The first-order valence-electron chi connectivity index (χ1n) is 7.04. The predicted molar refractivity (Wildman–Crippen MR) is 87.0 cm³/mol. The van der Waals surface area contributed by atoms with Crippen LogP contribution in [-0.2, 0) is 6.42 Å². The second kappa shape index (κ2) is 5.13. The van der Waals surface area contributed by atoms with Gasteiger partial charge in [0.25, 0.3) is 5.91 Å². The zero-order valence-electron chi connectivity index (χ0n) is 12.3. The molecule has 1 aliphatic rings. The van der Waals surface area contributed by atoms with Crippen molar-refractivity contribution in [2.24, 2.45) is 0 Å². The number of carbonyl (C=O) groups excluding carboxylic acids is 1. The molecule has 0 aromatic heterocycles. The number of benzene rings is 2. The van der Waals surface area contributed by atoms with E-state index in [1.807, 2.05) is 66.4 Å². The molecule has 2 aromatic rings. The van der Waals surface area contributed by atoms with Crippen molar-refractivity contribution >= 4 is 23.0 Å². The summed E-state index contributed by atoms with van der Waals surface area (Å²) in [7, 11) is 3.97. The largest absolute Gasteiger partial charge is 0.399 e. The Hall–Kier alpha value is -2.49. The molecular weight excluding hydrogens is 262 g/mol. The van der Waals surface area contributed by atoms with Crippen molar-refractivity contribution in [2.45, 2.75) is 6.42 Å². The zero-order valence-corrected chi connectivity index (χ0v) is 12.3. The smallest absolute Gasteiger partial charge is 0.258 e. The number of hydrogen-bond acceptors (Lipinski definition) is 3. The number of carbonyl (C=O) groups is 1. The summed E-state index contributed by atoms with van der Waals surface area (Å²) < 4.78 is 0. The van der Waals surface area contributed by atoms with Crippen LogP contribution in [-0.4, -0.2) is 26.5 Å².